The Bertz CT molecular complexity index is 959. The fraction of sp³-hybridized carbons (Fsp3) is 0.222. The number of pyridine rings is 1. The van der Waals surface area contributed by atoms with Gasteiger partial charge in [0.2, 0.25) is 17.6 Å². The van der Waals surface area contributed by atoms with E-state index in [4.69, 9.17) is 16.1 Å². The molecule has 1 aliphatic heterocycles. The number of anilines is 1. The van der Waals surface area contributed by atoms with Gasteiger partial charge in [-0.1, -0.05) is 16.8 Å². The van der Waals surface area contributed by atoms with Gasteiger partial charge in [0.1, 0.15) is 5.82 Å². The predicted molar refractivity (Wildman–Crippen MR) is 96.7 cm³/mol. The molecule has 0 bridgehead atoms. The molecule has 3 heterocycles. The number of hydrogen-bond acceptors (Lipinski definition) is 6. The van der Waals surface area contributed by atoms with Gasteiger partial charge >= 0.3 is 0 Å². The Morgan fingerprint density at radius 2 is 2.22 bits per heavy atom. The molecule has 0 spiro atoms. The summed E-state index contributed by atoms with van der Waals surface area (Å²) >= 11 is 5.71. The molecule has 2 aromatic heterocycles. The van der Waals surface area contributed by atoms with Crippen molar-refractivity contribution in [2.75, 3.05) is 25.0 Å². The number of carbonyl (C=O) groups excluding carboxylic acids is 1. The number of likely N-dealkylation sites (tertiary alicyclic amines) is 1. The Morgan fingerprint density at radius 1 is 1.37 bits per heavy atom. The van der Waals surface area contributed by atoms with Gasteiger partial charge in [0.15, 0.2) is 0 Å². The average molecular weight is 388 g/mol. The van der Waals surface area contributed by atoms with Crippen molar-refractivity contribution in [3.63, 3.8) is 0 Å². The van der Waals surface area contributed by atoms with Crippen LogP contribution in [0.25, 0.3) is 11.4 Å². The van der Waals surface area contributed by atoms with Crippen molar-refractivity contribution in [2.24, 2.45) is 0 Å². The van der Waals surface area contributed by atoms with E-state index in [0.29, 0.717) is 30.5 Å². The van der Waals surface area contributed by atoms with Crippen LogP contribution in [0, 0.1) is 5.82 Å². The van der Waals surface area contributed by atoms with Crippen LogP contribution in [-0.2, 0) is 4.79 Å². The second kappa shape index (κ2) is 7.42. The molecule has 0 saturated carbocycles. The van der Waals surface area contributed by atoms with Crippen LogP contribution < -0.4 is 5.32 Å². The number of carbonyl (C=O) groups is 1. The minimum Gasteiger partial charge on any atom is -0.339 e. The number of rotatable bonds is 5. The highest BCUT2D eigenvalue weighted by molar-refractivity contribution is 6.31. The molecule has 4 rings (SSSR count). The maximum Gasteiger partial charge on any atom is 0.238 e. The Labute approximate surface area is 159 Å². The molecule has 1 fully saturated rings. The summed E-state index contributed by atoms with van der Waals surface area (Å²) < 4.78 is 18.5. The van der Waals surface area contributed by atoms with E-state index in [1.807, 2.05) is 17.0 Å². The normalized spacial score (nSPS) is 14.7. The van der Waals surface area contributed by atoms with Crippen LogP contribution in [0.15, 0.2) is 47.2 Å². The van der Waals surface area contributed by atoms with Gasteiger partial charge < -0.3 is 9.84 Å². The van der Waals surface area contributed by atoms with Crippen LogP contribution in [0.2, 0.25) is 5.02 Å². The van der Waals surface area contributed by atoms with Crippen LogP contribution in [-0.4, -0.2) is 45.6 Å². The lowest BCUT2D eigenvalue weighted by Crippen LogP contribution is -2.48. The molecule has 1 N–H and O–H groups in total. The topological polar surface area (TPSA) is 84.2 Å². The predicted octanol–water partition coefficient (Wildman–Crippen LogP) is 2.96. The number of benzene rings is 1. The van der Waals surface area contributed by atoms with E-state index in [9.17, 15) is 9.18 Å². The summed E-state index contributed by atoms with van der Waals surface area (Å²) in [6.45, 7) is 1.51. The number of halogens is 2. The molecule has 1 saturated heterocycles. The maximum atomic E-state index is 13.1. The van der Waals surface area contributed by atoms with Crippen molar-refractivity contribution in [2.45, 2.75) is 5.92 Å². The lowest BCUT2D eigenvalue weighted by atomic mass is 10.0. The molecule has 0 unspecified atom stereocenters. The Hall–Kier alpha value is -2.84. The Morgan fingerprint density at radius 3 is 2.96 bits per heavy atom. The zero-order chi connectivity index (χ0) is 18.8. The molecule has 3 aromatic rings. The van der Waals surface area contributed by atoms with E-state index in [1.54, 1.807) is 12.4 Å². The van der Waals surface area contributed by atoms with E-state index in [2.05, 4.69) is 20.4 Å². The molecule has 1 aliphatic rings. The first-order valence-corrected chi connectivity index (χ1v) is 8.67. The summed E-state index contributed by atoms with van der Waals surface area (Å²) in [5, 5.41) is 6.65. The molecule has 138 valence electrons. The van der Waals surface area contributed by atoms with Crippen molar-refractivity contribution in [1.29, 1.82) is 0 Å². The van der Waals surface area contributed by atoms with Gasteiger partial charge in [-0.15, -0.1) is 0 Å². The highest BCUT2D eigenvalue weighted by atomic mass is 35.5. The first-order chi connectivity index (χ1) is 13.1. The van der Waals surface area contributed by atoms with Gasteiger partial charge in [0.25, 0.3) is 0 Å². The van der Waals surface area contributed by atoms with E-state index >= 15 is 0 Å². The summed E-state index contributed by atoms with van der Waals surface area (Å²) in [5.74, 6) is 0.428. The maximum absolute atomic E-state index is 13.1. The van der Waals surface area contributed by atoms with Crippen molar-refractivity contribution in [3.8, 4) is 11.4 Å². The second-order valence-electron chi connectivity index (χ2n) is 6.27. The summed E-state index contributed by atoms with van der Waals surface area (Å²) in [6.07, 6.45) is 3.35. The molecule has 27 heavy (non-hydrogen) atoms. The Balaban J connectivity index is 1.29. The van der Waals surface area contributed by atoms with Gasteiger partial charge in [-0.25, -0.2) is 4.39 Å². The SMILES string of the molecule is O=C(CN1CC(c2nc(-c3cccnc3)no2)C1)Nc1ccc(F)c(Cl)c1. The van der Waals surface area contributed by atoms with E-state index in [0.717, 1.165) is 5.56 Å². The van der Waals surface area contributed by atoms with Crippen molar-refractivity contribution in [1.82, 2.24) is 20.0 Å². The standard InChI is InChI=1S/C18H15ClFN5O2/c19-14-6-13(3-4-15(14)20)22-16(26)10-25-8-12(9-25)18-23-17(24-27-18)11-2-1-5-21-7-11/h1-7,12H,8-10H2,(H,22,26). The van der Waals surface area contributed by atoms with Gasteiger partial charge in [0, 0.05) is 36.7 Å². The molecular weight excluding hydrogens is 373 g/mol. The van der Waals surface area contributed by atoms with Gasteiger partial charge in [-0.3, -0.25) is 14.7 Å². The van der Waals surface area contributed by atoms with E-state index in [-0.39, 0.29) is 23.4 Å². The van der Waals surface area contributed by atoms with Crippen LogP contribution in [0.3, 0.4) is 0 Å². The van der Waals surface area contributed by atoms with Crippen LogP contribution in [0.4, 0.5) is 10.1 Å². The molecule has 9 heteroatoms. The first kappa shape index (κ1) is 17.6. The third-order valence-corrected chi connectivity index (χ3v) is 4.53. The van der Waals surface area contributed by atoms with Crippen LogP contribution >= 0.6 is 11.6 Å². The monoisotopic (exact) mass is 387 g/mol. The largest absolute Gasteiger partial charge is 0.339 e. The minimum atomic E-state index is -0.523. The van der Waals surface area contributed by atoms with Crippen LogP contribution in [0.5, 0.6) is 0 Å². The average Bonchev–Trinajstić information content (AvgIpc) is 3.11. The number of nitrogens with one attached hydrogen (secondary N) is 1. The summed E-state index contributed by atoms with van der Waals surface area (Å²) in [6, 6.07) is 7.74. The zero-order valence-corrected chi connectivity index (χ0v) is 14.9. The van der Waals surface area contributed by atoms with Crippen molar-refractivity contribution >= 4 is 23.2 Å². The van der Waals surface area contributed by atoms with Gasteiger partial charge in [0.05, 0.1) is 17.5 Å². The quantitative estimate of drug-likeness (QED) is 0.724. The number of hydrogen-bond donors (Lipinski definition) is 1. The molecule has 7 nitrogen and oxygen atoms in total. The van der Waals surface area contributed by atoms with E-state index < -0.39 is 5.82 Å². The lowest BCUT2D eigenvalue weighted by molar-refractivity contribution is -0.118. The first-order valence-electron chi connectivity index (χ1n) is 8.30. The summed E-state index contributed by atoms with van der Waals surface area (Å²) in [5.41, 5.74) is 1.25. The number of amides is 1. The second-order valence-corrected chi connectivity index (χ2v) is 6.67. The zero-order valence-electron chi connectivity index (χ0n) is 14.1. The molecule has 0 radical (unpaired) electrons. The molecular formula is C18H15ClFN5O2. The number of nitrogens with zero attached hydrogens (tertiary/aromatic N) is 4. The Kier molecular flexibility index (Phi) is 4.83. The molecule has 0 aliphatic carbocycles. The molecule has 0 atom stereocenters. The lowest BCUT2D eigenvalue weighted by Gasteiger charge is -2.36. The molecule has 1 aromatic carbocycles. The fourth-order valence-electron chi connectivity index (χ4n) is 2.85. The third kappa shape index (κ3) is 3.96. The van der Waals surface area contributed by atoms with E-state index in [1.165, 1.54) is 18.2 Å². The van der Waals surface area contributed by atoms with Crippen molar-refractivity contribution in [3.05, 3.63) is 59.5 Å². The molecule has 1 amide bonds. The van der Waals surface area contributed by atoms with Crippen molar-refractivity contribution < 1.29 is 13.7 Å². The summed E-state index contributed by atoms with van der Waals surface area (Å²) in [7, 11) is 0. The summed E-state index contributed by atoms with van der Waals surface area (Å²) in [4.78, 5) is 22.5. The highest BCUT2D eigenvalue weighted by Crippen LogP contribution is 2.27. The van der Waals surface area contributed by atoms with Gasteiger partial charge in [-0.05, 0) is 30.3 Å². The minimum absolute atomic E-state index is 0.0300. The van der Waals surface area contributed by atoms with Gasteiger partial charge in [-0.2, -0.15) is 4.98 Å². The third-order valence-electron chi connectivity index (χ3n) is 4.24. The highest BCUT2D eigenvalue weighted by Gasteiger charge is 2.33. The van der Waals surface area contributed by atoms with Crippen LogP contribution in [0.1, 0.15) is 11.8 Å². The number of aromatic nitrogens is 3. The fourth-order valence-corrected chi connectivity index (χ4v) is 3.03. The smallest absolute Gasteiger partial charge is 0.238 e.